The van der Waals surface area contributed by atoms with Gasteiger partial charge < -0.3 is 19.1 Å². The minimum absolute atomic E-state index is 0.0289. The number of hydrogen-bond acceptors (Lipinski definition) is 7. The fourth-order valence-corrected chi connectivity index (χ4v) is 3.46. The zero-order valence-electron chi connectivity index (χ0n) is 17.7. The number of hydrogen-bond donors (Lipinski definition) is 1. The number of ether oxygens (including phenoxy) is 1. The van der Waals surface area contributed by atoms with Crippen LogP contribution in [0.4, 0.5) is 5.69 Å². The van der Waals surface area contributed by atoms with E-state index in [0.717, 1.165) is 5.01 Å². The lowest BCUT2D eigenvalue weighted by Crippen LogP contribution is -2.35. The highest BCUT2D eigenvalue weighted by atomic mass is 35.5. The molecule has 0 bridgehead atoms. The molecule has 3 aromatic rings. The summed E-state index contributed by atoms with van der Waals surface area (Å²) in [5.74, 6) is -2.65. The summed E-state index contributed by atoms with van der Waals surface area (Å²) in [7, 11) is 0. The van der Waals surface area contributed by atoms with E-state index in [4.69, 9.17) is 20.8 Å². The summed E-state index contributed by atoms with van der Waals surface area (Å²) < 4.78 is 10.6. The molecule has 1 aliphatic rings. The Morgan fingerprint density at radius 3 is 2.53 bits per heavy atom. The first-order chi connectivity index (χ1) is 16.3. The Labute approximate surface area is 198 Å². The van der Waals surface area contributed by atoms with Crippen LogP contribution in [0.1, 0.15) is 33.4 Å². The van der Waals surface area contributed by atoms with Gasteiger partial charge in [0.25, 0.3) is 11.8 Å². The second kappa shape index (κ2) is 9.24. The lowest BCUT2D eigenvalue weighted by molar-refractivity contribution is -0.255. The second-order valence-corrected chi connectivity index (χ2v) is 7.50. The summed E-state index contributed by atoms with van der Waals surface area (Å²) in [4.78, 5) is 48.2. The molecular weight excluding hydrogens is 464 g/mol. The number of nitrogens with zero attached hydrogens (tertiary/aromatic N) is 1. The summed E-state index contributed by atoms with van der Waals surface area (Å²) >= 11 is 5.86. The molecule has 0 spiro atoms. The highest BCUT2D eigenvalue weighted by Crippen LogP contribution is 2.28. The molecule has 1 fully saturated rings. The molecule has 2 aromatic carbocycles. The Kier molecular flexibility index (Phi) is 6.20. The topological polar surface area (TPSA) is 129 Å². The number of amides is 2. The number of aromatic carboxylic acids is 1. The Morgan fingerprint density at radius 1 is 1.12 bits per heavy atom. The monoisotopic (exact) mass is 479 g/mol. The van der Waals surface area contributed by atoms with Gasteiger partial charge in [0, 0.05) is 16.1 Å². The van der Waals surface area contributed by atoms with Gasteiger partial charge in [0.1, 0.15) is 17.1 Å². The zero-order chi connectivity index (χ0) is 24.4. The summed E-state index contributed by atoms with van der Waals surface area (Å²) in [5, 5.41) is 12.3. The third-order valence-corrected chi connectivity index (χ3v) is 5.24. The fraction of sp³-hybridized carbons (Fsp3) is 0.0833. The third kappa shape index (κ3) is 4.41. The fourth-order valence-electron chi connectivity index (χ4n) is 3.26. The maximum absolute atomic E-state index is 12.8. The van der Waals surface area contributed by atoms with Crippen LogP contribution in [0.15, 0.2) is 64.6 Å². The molecular formula is C24H16ClN2O7-. The number of halogens is 1. The number of nitrogens with one attached hydrogen (secondary N) is 1. The Bertz CT molecular complexity index is 1340. The van der Waals surface area contributed by atoms with Crippen molar-refractivity contribution in [3.05, 3.63) is 82.1 Å². The van der Waals surface area contributed by atoms with Gasteiger partial charge in [-0.25, -0.2) is 9.80 Å². The van der Waals surface area contributed by atoms with Gasteiger partial charge in [0.05, 0.1) is 23.8 Å². The molecule has 1 N–H and O–H groups in total. The van der Waals surface area contributed by atoms with Crippen molar-refractivity contribution in [1.29, 1.82) is 0 Å². The first kappa shape index (κ1) is 22.8. The van der Waals surface area contributed by atoms with Crippen LogP contribution in [0.3, 0.4) is 0 Å². The van der Waals surface area contributed by atoms with Gasteiger partial charge in [-0.05, 0) is 67.6 Å². The van der Waals surface area contributed by atoms with Crippen molar-refractivity contribution in [3.8, 4) is 11.3 Å². The molecule has 2 heterocycles. The smallest absolute Gasteiger partial charge is 0.338 e. The summed E-state index contributed by atoms with van der Waals surface area (Å²) in [6.07, 6.45) is 1.28. The van der Waals surface area contributed by atoms with E-state index >= 15 is 0 Å². The lowest BCUT2D eigenvalue weighted by Gasteiger charge is -2.14. The number of anilines is 1. The van der Waals surface area contributed by atoms with E-state index in [-0.39, 0.29) is 28.5 Å². The number of carbonyl (C=O) groups is 4. The van der Waals surface area contributed by atoms with Gasteiger partial charge in [0.15, 0.2) is 0 Å². The molecule has 1 aromatic heterocycles. The highest BCUT2D eigenvalue weighted by Gasteiger charge is 2.34. The number of benzene rings is 2. The summed E-state index contributed by atoms with van der Waals surface area (Å²) in [6, 6.07) is 13.4. The number of furan rings is 1. The molecule has 0 saturated carbocycles. The highest BCUT2D eigenvalue weighted by molar-refractivity contribution is 6.33. The van der Waals surface area contributed by atoms with Crippen molar-refractivity contribution in [2.24, 2.45) is 0 Å². The Balaban J connectivity index is 1.56. The standard InChI is InChI=1S/C24H17ClN2O7/c1-2-33-24(32)13-3-6-15(7-4-13)27-22(29)18(21(28)26-27)12-16-8-10-20(34-16)14-5-9-19(25)17(11-14)23(30)31/h3-12H,2H2,1H3,(H,26,28)(H,30,31)/p-1/b18-12-. The van der Waals surface area contributed by atoms with E-state index in [1.54, 1.807) is 19.1 Å². The average molecular weight is 480 g/mol. The maximum atomic E-state index is 12.8. The van der Waals surface area contributed by atoms with Crippen LogP contribution in [-0.2, 0) is 14.3 Å². The molecule has 34 heavy (non-hydrogen) atoms. The van der Waals surface area contributed by atoms with Gasteiger partial charge in [-0.2, -0.15) is 0 Å². The molecule has 0 atom stereocenters. The van der Waals surface area contributed by atoms with Gasteiger partial charge >= 0.3 is 5.97 Å². The van der Waals surface area contributed by atoms with Crippen molar-refractivity contribution in [3.63, 3.8) is 0 Å². The zero-order valence-corrected chi connectivity index (χ0v) is 18.4. The predicted molar refractivity (Wildman–Crippen MR) is 119 cm³/mol. The molecule has 172 valence electrons. The third-order valence-electron chi connectivity index (χ3n) is 4.91. The molecule has 0 aliphatic carbocycles. The van der Waals surface area contributed by atoms with Crippen molar-refractivity contribution in [1.82, 2.24) is 5.43 Å². The first-order valence-corrected chi connectivity index (χ1v) is 10.4. The van der Waals surface area contributed by atoms with E-state index in [9.17, 15) is 24.3 Å². The Morgan fingerprint density at radius 2 is 1.85 bits per heavy atom. The quantitative estimate of drug-likeness (QED) is 0.327. The summed E-state index contributed by atoms with van der Waals surface area (Å²) in [5.41, 5.74) is 3.20. The van der Waals surface area contributed by atoms with Crippen LogP contribution in [-0.4, -0.2) is 30.4 Å². The molecule has 4 rings (SSSR count). The van der Waals surface area contributed by atoms with E-state index in [2.05, 4.69) is 5.43 Å². The average Bonchev–Trinajstić information content (AvgIpc) is 3.40. The van der Waals surface area contributed by atoms with E-state index in [0.29, 0.717) is 22.6 Å². The normalized spacial score (nSPS) is 14.4. The number of hydrazine groups is 1. The molecule has 0 unspecified atom stereocenters. The number of carboxylic acids is 1. The van der Waals surface area contributed by atoms with Crippen LogP contribution in [0.25, 0.3) is 17.4 Å². The molecule has 9 nitrogen and oxygen atoms in total. The number of rotatable bonds is 6. The molecule has 1 aliphatic heterocycles. The second-order valence-electron chi connectivity index (χ2n) is 7.09. The SMILES string of the molecule is CCOC(=O)c1ccc(N2NC(=O)/C(=C/c3ccc(-c4ccc(Cl)c(C(=O)[O-])c4)o3)C2=O)cc1. The Hall–Kier alpha value is -4.37. The van der Waals surface area contributed by atoms with Gasteiger partial charge in [-0.1, -0.05) is 11.6 Å². The van der Waals surface area contributed by atoms with Crippen LogP contribution in [0, 0.1) is 0 Å². The van der Waals surface area contributed by atoms with Gasteiger partial charge in [-0.15, -0.1) is 0 Å². The number of esters is 1. The molecule has 0 radical (unpaired) electrons. The minimum atomic E-state index is -1.43. The lowest BCUT2D eigenvalue weighted by atomic mass is 10.1. The molecule has 2 amide bonds. The van der Waals surface area contributed by atoms with Crippen molar-refractivity contribution in [2.75, 3.05) is 11.6 Å². The van der Waals surface area contributed by atoms with Crippen molar-refractivity contribution < 1.29 is 33.4 Å². The summed E-state index contributed by atoms with van der Waals surface area (Å²) in [6.45, 7) is 1.93. The van der Waals surface area contributed by atoms with Crippen molar-refractivity contribution in [2.45, 2.75) is 6.92 Å². The van der Waals surface area contributed by atoms with E-state index < -0.39 is 23.8 Å². The number of carbonyl (C=O) groups excluding carboxylic acids is 4. The van der Waals surface area contributed by atoms with Crippen molar-refractivity contribution >= 4 is 47.1 Å². The first-order valence-electron chi connectivity index (χ1n) is 10.0. The molecule has 1 saturated heterocycles. The largest absolute Gasteiger partial charge is 0.545 e. The van der Waals surface area contributed by atoms with Crippen LogP contribution in [0.5, 0.6) is 0 Å². The van der Waals surface area contributed by atoms with Crippen LogP contribution in [0.2, 0.25) is 5.02 Å². The van der Waals surface area contributed by atoms with E-state index in [1.165, 1.54) is 48.5 Å². The maximum Gasteiger partial charge on any atom is 0.338 e. The predicted octanol–water partition coefficient (Wildman–Crippen LogP) is 2.60. The van der Waals surface area contributed by atoms with Gasteiger partial charge in [0.2, 0.25) is 0 Å². The minimum Gasteiger partial charge on any atom is -0.545 e. The molecule has 10 heteroatoms. The van der Waals surface area contributed by atoms with E-state index in [1.807, 2.05) is 0 Å². The van der Waals surface area contributed by atoms with Crippen LogP contribution >= 0.6 is 11.6 Å². The number of carboxylic acid groups (broad SMARTS) is 1. The van der Waals surface area contributed by atoms with Crippen LogP contribution < -0.4 is 15.5 Å². The van der Waals surface area contributed by atoms with Gasteiger partial charge in [-0.3, -0.25) is 15.0 Å².